The molecule has 2 aliphatic heterocycles. The number of fused-ring (bicyclic) bond motifs is 1. The normalized spacial score (nSPS) is 19.0. The smallest absolute Gasteiger partial charge is 0.243 e. The molecule has 0 bridgehead atoms. The maximum atomic E-state index is 12.6. The summed E-state index contributed by atoms with van der Waals surface area (Å²) < 4.78 is 32.0. The Labute approximate surface area is 122 Å². The first-order valence-electron chi connectivity index (χ1n) is 6.76. The van der Waals surface area contributed by atoms with E-state index in [1.807, 2.05) is 0 Å². The molecular formula is C13H14N4O3S. The number of ether oxygens (including phenoxy) is 1. The summed E-state index contributed by atoms with van der Waals surface area (Å²) in [6.45, 7) is 1.44. The minimum Gasteiger partial charge on any atom is -0.493 e. The van der Waals surface area contributed by atoms with E-state index in [1.165, 1.54) is 4.31 Å². The summed E-state index contributed by atoms with van der Waals surface area (Å²) in [5.74, 6) is 0.788. The van der Waals surface area contributed by atoms with Crippen molar-refractivity contribution in [3.05, 3.63) is 36.2 Å². The van der Waals surface area contributed by atoms with Crippen LogP contribution in [-0.2, 0) is 16.4 Å². The van der Waals surface area contributed by atoms with E-state index in [-0.39, 0.29) is 6.04 Å². The number of rotatable bonds is 3. The summed E-state index contributed by atoms with van der Waals surface area (Å²) in [6, 6.07) is 5.09. The SMILES string of the molecule is O=S(=O)(c1ccc2c(c1)CCO2)N1CC(n2nccn2)C1. The van der Waals surface area contributed by atoms with Crippen LogP contribution in [0.3, 0.4) is 0 Å². The summed E-state index contributed by atoms with van der Waals surface area (Å²) in [6.07, 6.45) is 3.95. The van der Waals surface area contributed by atoms with Crippen molar-refractivity contribution in [3.63, 3.8) is 0 Å². The van der Waals surface area contributed by atoms with E-state index in [4.69, 9.17) is 4.74 Å². The van der Waals surface area contributed by atoms with Crippen LogP contribution in [0.25, 0.3) is 0 Å². The van der Waals surface area contributed by atoms with Crippen LogP contribution >= 0.6 is 0 Å². The van der Waals surface area contributed by atoms with Crippen molar-refractivity contribution in [1.29, 1.82) is 0 Å². The summed E-state index contributed by atoms with van der Waals surface area (Å²) in [7, 11) is -3.44. The lowest BCUT2D eigenvalue weighted by Gasteiger charge is -2.37. The van der Waals surface area contributed by atoms with Crippen LogP contribution in [0.5, 0.6) is 5.75 Å². The van der Waals surface area contributed by atoms with Crippen LogP contribution in [0.15, 0.2) is 35.5 Å². The van der Waals surface area contributed by atoms with Gasteiger partial charge >= 0.3 is 0 Å². The van der Waals surface area contributed by atoms with Gasteiger partial charge in [0.1, 0.15) is 5.75 Å². The standard InChI is InChI=1S/C13H14N4O3S/c18-21(19,12-1-2-13-10(7-12)3-6-20-13)16-8-11(9-16)17-14-4-5-15-17/h1-2,4-5,7,11H,3,6,8-9H2. The summed E-state index contributed by atoms with van der Waals surface area (Å²) in [4.78, 5) is 1.89. The Bertz CT molecular complexity index is 767. The molecule has 2 aromatic rings. The largest absolute Gasteiger partial charge is 0.493 e. The number of nitrogens with zero attached hydrogens (tertiary/aromatic N) is 4. The van der Waals surface area contributed by atoms with Crippen molar-refractivity contribution in [2.45, 2.75) is 17.4 Å². The van der Waals surface area contributed by atoms with Gasteiger partial charge < -0.3 is 4.74 Å². The van der Waals surface area contributed by atoms with Gasteiger partial charge in [0.15, 0.2) is 0 Å². The molecule has 4 rings (SSSR count). The van der Waals surface area contributed by atoms with Gasteiger partial charge in [0.05, 0.1) is 29.9 Å². The highest BCUT2D eigenvalue weighted by atomic mass is 32.2. The van der Waals surface area contributed by atoms with Crippen molar-refractivity contribution < 1.29 is 13.2 Å². The Morgan fingerprint density at radius 2 is 1.95 bits per heavy atom. The molecule has 2 aliphatic rings. The molecule has 3 heterocycles. The molecule has 110 valence electrons. The van der Waals surface area contributed by atoms with Crippen LogP contribution < -0.4 is 4.74 Å². The zero-order chi connectivity index (χ0) is 14.4. The van der Waals surface area contributed by atoms with E-state index in [2.05, 4.69) is 10.2 Å². The van der Waals surface area contributed by atoms with Crippen molar-refractivity contribution in [3.8, 4) is 5.75 Å². The lowest BCUT2D eigenvalue weighted by Crippen LogP contribution is -2.51. The second kappa shape index (κ2) is 4.54. The van der Waals surface area contributed by atoms with Gasteiger partial charge in [-0.25, -0.2) is 8.42 Å². The monoisotopic (exact) mass is 306 g/mol. The van der Waals surface area contributed by atoms with E-state index < -0.39 is 10.0 Å². The van der Waals surface area contributed by atoms with Gasteiger partial charge in [0.2, 0.25) is 10.0 Å². The molecule has 0 N–H and O–H groups in total. The van der Waals surface area contributed by atoms with Gasteiger partial charge in [-0.05, 0) is 23.8 Å². The van der Waals surface area contributed by atoms with Crippen molar-refractivity contribution in [2.24, 2.45) is 0 Å². The quantitative estimate of drug-likeness (QED) is 0.823. The van der Waals surface area contributed by atoms with Gasteiger partial charge in [-0.2, -0.15) is 19.3 Å². The first-order valence-corrected chi connectivity index (χ1v) is 8.20. The molecule has 1 aromatic heterocycles. The predicted octanol–water partition coefficient (Wildman–Crippen LogP) is 0.459. The average molecular weight is 306 g/mol. The molecule has 7 nitrogen and oxygen atoms in total. The fraction of sp³-hybridized carbons (Fsp3) is 0.385. The minimum atomic E-state index is -3.44. The Morgan fingerprint density at radius 3 is 2.71 bits per heavy atom. The predicted molar refractivity (Wildman–Crippen MR) is 73.5 cm³/mol. The molecule has 0 radical (unpaired) electrons. The number of aromatic nitrogens is 3. The highest BCUT2D eigenvalue weighted by Gasteiger charge is 2.38. The molecule has 0 spiro atoms. The number of hydrogen-bond acceptors (Lipinski definition) is 5. The molecule has 0 unspecified atom stereocenters. The molecule has 1 fully saturated rings. The number of hydrogen-bond donors (Lipinski definition) is 0. The van der Waals surface area contributed by atoms with Gasteiger partial charge in [-0.15, -0.1) is 0 Å². The lowest BCUT2D eigenvalue weighted by atomic mass is 10.2. The van der Waals surface area contributed by atoms with Gasteiger partial charge in [0.25, 0.3) is 0 Å². The Morgan fingerprint density at radius 1 is 1.19 bits per heavy atom. The third-order valence-electron chi connectivity index (χ3n) is 3.89. The van der Waals surface area contributed by atoms with Gasteiger partial charge in [-0.3, -0.25) is 0 Å². The summed E-state index contributed by atoms with van der Waals surface area (Å²) in [5.41, 5.74) is 0.960. The molecule has 0 saturated carbocycles. The Kier molecular flexibility index (Phi) is 2.76. The van der Waals surface area contributed by atoms with Crippen LogP contribution in [-0.4, -0.2) is 47.4 Å². The lowest BCUT2D eigenvalue weighted by molar-refractivity contribution is 0.175. The molecule has 1 saturated heterocycles. The second-order valence-corrected chi connectivity index (χ2v) is 7.13. The summed E-state index contributed by atoms with van der Waals surface area (Å²) in [5, 5.41) is 8.08. The maximum absolute atomic E-state index is 12.6. The molecule has 1 aromatic carbocycles. The minimum absolute atomic E-state index is 0.0209. The molecule has 21 heavy (non-hydrogen) atoms. The Hall–Kier alpha value is -1.93. The van der Waals surface area contributed by atoms with Crippen molar-refractivity contribution in [1.82, 2.24) is 19.3 Å². The molecule has 0 aliphatic carbocycles. The zero-order valence-electron chi connectivity index (χ0n) is 11.2. The van der Waals surface area contributed by atoms with Crippen molar-refractivity contribution in [2.75, 3.05) is 19.7 Å². The highest BCUT2D eigenvalue weighted by molar-refractivity contribution is 7.89. The van der Waals surface area contributed by atoms with Gasteiger partial charge in [-0.1, -0.05) is 0 Å². The van der Waals surface area contributed by atoms with E-state index in [9.17, 15) is 8.42 Å². The van der Waals surface area contributed by atoms with Gasteiger partial charge in [0, 0.05) is 19.5 Å². The van der Waals surface area contributed by atoms with Crippen molar-refractivity contribution >= 4 is 10.0 Å². The van der Waals surface area contributed by atoms with Crippen LogP contribution in [0.4, 0.5) is 0 Å². The van der Waals surface area contributed by atoms with Crippen LogP contribution in [0.1, 0.15) is 11.6 Å². The number of sulfonamides is 1. The fourth-order valence-electron chi connectivity index (χ4n) is 2.65. The fourth-order valence-corrected chi connectivity index (χ4v) is 4.21. The van der Waals surface area contributed by atoms with Crippen LogP contribution in [0.2, 0.25) is 0 Å². The topological polar surface area (TPSA) is 77.3 Å². The van der Waals surface area contributed by atoms with E-state index in [0.29, 0.717) is 24.6 Å². The first-order chi connectivity index (χ1) is 10.1. The summed E-state index contributed by atoms with van der Waals surface area (Å²) >= 11 is 0. The average Bonchev–Trinajstić information content (AvgIpc) is 3.06. The molecule has 8 heteroatoms. The Balaban J connectivity index is 1.55. The molecular weight excluding hydrogens is 292 g/mol. The first kappa shape index (κ1) is 12.8. The zero-order valence-corrected chi connectivity index (χ0v) is 12.0. The number of benzene rings is 1. The maximum Gasteiger partial charge on any atom is 0.243 e. The van der Waals surface area contributed by atoms with E-state index in [0.717, 1.165) is 17.7 Å². The van der Waals surface area contributed by atoms with E-state index in [1.54, 1.807) is 35.4 Å². The highest BCUT2D eigenvalue weighted by Crippen LogP contribution is 2.31. The third kappa shape index (κ3) is 2.02. The van der Waals surface area contributed by atoms with Crippen LogP contribution in [0, 0.1) is 0 Å². The second-order valence-electron chi connectivity index (χ2n) is 5.19. The third-order valence-corrected chi connectivity index (χ3v) is 5.72. The van der Waals surface area contributed by atoms with E-state index >= 15 is 0 Å². The molecule has 0 atom stereocenters. The molecule has 0 amide bonds.